The highest BCUT2D eigenvalue weighted by Crippen LogP contribution is 2.23. The van der Waals surface area contributed by atoms with Crippen LogP contribution in [-0.2, 0) is 13.6 Å². The van der Waals surface area contributed by atoms with Gasteiger partial charge in [0.25, 0.3) is 5.56 Å². The Hall–Kier alpha value is -3.06. The first kappa shape index (κ1) is 18.3. The smallest absolute Gasteiger partial charge is 0.255 e. The molecule has 0 bridgehead atoms. The van der Waals surface area contributed by atoms with E-state index in [9.17, 15) is 9.18 Å². The van der Waals surface area contributed by atoms with E-state index in [0.717, 1.165) is 32.3 Å². The van der Waals surface area contributed by atoms with Gasteiger partial charge in [0.1, 0.15) is 0 Å². The number of halogens is 1. The van der Waals surface area contributed by atoms with Gasteiger partial charge in [0.15, 0.2) is 5.82 Å². The van der Waals surface area contributed by atoms with Crippen molar-refractivity contribution in [1.29, 1.82) is 0 Å². The summed E-state index contributed by atoms with van der Waals surface area (Å²) in [6, 6.07) is 13.5. The fraction of sp³-hybridized carbons (Fsp3) is 0.286. The number of benzene rings is 1. The second-order valence-electron chi connectivity index (χ2n) is 6.99. The Morgan fingerprint density at radius 3 is 2.86 bits per heavy atom. The fourth-order valence-corrected chi connectivity index (χ4v) is 3.50. The summed E-state index contributed by atoms with van der Waals surface area (Å²) in [7, 11) is 1.70. The van der Waals surface area contributed by atoms with Gasteiger partial charge in [-0.1, -0.05) is 30.3 Å². The molecule has 7 heteroatoms. The van der Waals surface area contributed by atoms with Crippen LogP contribution in [0.25, 0.3) is 11.3 Å². The molecule has 1 saturated heterocycles. The zero-order chi connectivity index (χ0) is 19.5. The summed E-state index contributed by atoms with van der Waals surface area (Å²) >= 11 is 0. The van der Waals surface area contributed by atoms with Crippen LogP contribution in [0.1, 0.15) is 12.0 Å². The minimum atomic E-state index is -0.488. The van der Waals surface area contributed by atoms with E-state index < -0.39 is 5.82 Å². The van der Waals surface area contributed by atoms with Crippen molar-refractivity contribution in [3.05, 3.63) is 76.6 Å². The maximum atomic E-state index is 14.1. The van der Waals surface area contributed by atoms with Gasteiger partial charge in [0, 0.05) is 50.6 Å². The van der Waals surface area contributed by atoms with Crippen LogP contribution in [0.4, 0.5) is 10.3 Å². The van der Waals surface area contributed by atoms with E-state index in [2.05, 4.69) is 32.3 Å². The molecule has 6 nitrogen and oxygen atoms in total. The van der Waals surface area contributed by atoms with E-state index in [1.807, 2.05) is 18.2 Å². The Morgan fingerprint density at radius 2 is 2.07 bits per heavy atom. The van der Waals surface area contributed by atoms with Gasteiger partial charge in [-0.3, -0.25) is 14.3 Å². The quantitative estimate of drug-likeness (QED) is 0.737. The van der Waals surface area contributed by atoms with Crippen molar-refractivity contribution in [3.63, 3.8) is 0 Å². The lowest BCUT2D eigenvalue weighted by atomic mass is 10.2. The third kappa shape index (κ3) is 3.80. The number of aromatic nitrogens is 3. The highest BCUT2D eigenvalue weighted by Gasteiger charge is 2.25. The number of rotatable bonds is 5. The number of pyridine rings is 1. The summed E-state index contributed by atoms with van der Waals surface area (Å²) in [6.07, 6.45) is 3.58. The van der Waals surface area contributed by atoms with Crippen LogP contribution in [-0.4, -0.2) is 33.7 Å². The number of nitrogens with zero attached hydrogens (tertiary/aromatic N) is 4. The number of hydrogen-bond donors (Lipinski definition) is 1. The minimum Gasteiger partial charge on any atom is -0.341 e. The normalized spacial score (nSPS) is 16.5. The maximum absolute atomic E-state index is 14.1. The lowest BCUT2D eigenvalue weighted by molar-refractivity contribution is 0.550. The van der Waals surface area contributed by atoms with Gasteiger partial charge >= 0.3 is 0 Å². The molecule has 0 amide bonds. The molecule has 1 fully saturated rings. The van der Waals surface area contributed by atoms with Crippen molar-refractivity contribution in [2.24, 2.45) is 7.05 Å². The monoisotopic (exact) mass is 379 g/mol. The second-order valence-corrected chi connectivity index (χ2v) is 6.99. The molecule has 1 atom stereocenters. The number of hydrogen-bond acceptors (Lipinski definition) is 5. The van der Waals surface area contributed by atoms with E-state index in [4.69, 9.17) is 0 Å². The molecule has 4 rings (SSSR count). The predicted octanol–water partition coefficient (Wildman–Crippen LogP) is 2.35. The van der Waals surface area contributed by atoms with Crippen molar-refractivity contribution >= 4 is 5.95 Å². The largest absolute Gasteiger partial charge is 0.341 e. The van der Waals surface area contributed by atoms with Gasteiger partial charge in [-0.25, -0.2) is 9.37 Å². The maximum Gasteiger partial charge on any atom is 0.255 e. The first-order valence-corrected chi connectivity index (χ1v) is 9.32. The van der Waals surface area contributed by atoms with Gasteiger partial charge in [0.05, 0.1) is 11.9 Å². The van der Waals surface area contributed by atoms with E-state index in [0.29, 0.717) is 17.7 Å². The Balaban J connectivity index is 1.53. The van der Waals surface area contributed by atoms with Crippen LogP contribution in [0, 0.1) is 5.82 Å². The molecule has 0 spiro atoms. The molecule has 1 aliphatic heterocycles. The number of anilines is 1. The summed E-state index contributed by atoms with van der Waals surface area (Å²) in [5.41, 5.74) is 1.64. The van der Waals surface area contributed by atoms with Crippen LogP contribution < -0.4 is 15.8 Å². The minimum absolute atomic E-state index is 0.211. The molecule has 2 aromatic heterocycles. The first-order valence-electron chi connectivity index (χ1n) is 9.32. The highest BCUT2D eigenvalue weighted by atomic mass is 19.1. The zero-order valence-electron chi connectivity index (χ0n) is 15.7. The molecular formula is C21H22FN5O. The molecule has 0 unspecified atom stereocenters. The summed E-state index contributed by atoms with van der Waals surface area (Å²) in [5.74, 6) is 0.0701. The third-order valence-corrected chi connectivity index (χ3v) is 5.07. The van der Waals surface area contributed by atoms with Crippen molar-refractivity contribution in [1.82, 2.24) is 19.9 Å². The lowest BCUT2D eigenvalue weighted by Crippen LogP contribution is -2.35. The molecule has 28 heavy (non-hydrogen) atoms. The summed E-state index contributed by atoms with van der Waals surface area (Å²) in [4.78, 5) is 22.9. The molecular weight excluding hydrogens is 357 g/mol. The van der Waals surface area contributed by atoms with Crippen LogP contribution >= 0.6 is 0 Å². The summed E-state index contributed by atoms with van der Waals surface area (Å²) < 4.78 is 15.6. The standard InChI is InChI=1S/C21H22FN5O/c1-26-20(28)11-19(17-7-9-23-13-18(17)22)25-21(26)27-10-8-16(14-27)24-12-15-5-3-2-4-6-15/h2-7,9,11,13,16,24H,8,10,12,14H2,1H3/t16-/m0/s1. The summed E-state index contributed by atoms with van der Waals surface area (Å²) in [6.45, 7) is 2.33. The van der Waals surface area contributed by atoms with Crippen molar-refractivity contribution in [2.45, 2.75) is 19.0 Å². The Labute approximate surface area is 162 Å². The van der Waals surface area contributed by atoms with E-state index >= 15 is 0 Å². The number of nitrogens with one attached hydrogen (secondary N) is 1. The van der Waals surface area contributed by atoms with Gasteiger partial charge in [-0.2, -0.15) is 0 Å². The third-order valence-electron chi connectivity index (χ3n) is 5.07. The highest BCUT2D eigenvalue weighted by molar-refractivity contribution is 5.60. The molecule has 144 valence electrons. The fourth-order valence-electron chi connectivity index (χ4n) is 3.50. The lowest BCUT2D eigenvalue weighted by Gasteiger charge is -2.21. The molecule has 1 aliphatic rings. The topological polar surface area (TPSA) is 63.1 Å². The molecule has 1 N–H and O–H groups in total. The van der Waals surface area contributed by atoms with Gasteiger partial charge in [-0.15, -0.1) is 0 Å². The molecule has 0 radical (unpaired) electrons. The van der Waals surface area contributed by atoms with E-state index in [1.165, 1.54) is 28.5 Å². The van der Waals surface area contributed by atoms with Crippen molar-refractivity contribution in [3.8, 4) is 11.3 Å². The zero-order valence-corrected chi connectivity index (χ0v) is 15.7. The average molecular weight is 379 g/mol. The first-order chi connectivity index (χ1) is 13.6. The predicted molar refractivity (Wildman–Crippen MR) is 107 cm³/mol. The Bertz CT molecular complexity index is 1020. The van der Waals surface area contributed by atoms with E-state index in [1.54, 1.807) is 7.05 Å². The van der Waals surface area contributed by atoms with Crippen molar-refractivity contribution < 1.29 is 4.39 Å². The van der Waals surface area contributed by atoms with Crippen LogP contribution in [0.15, 0.2) is 59.7 Å². The second kappa shape index (κ2) is 7.90. The van der Waals surface area contributed by atoms with Crippen molar-refractivity contribution in [2.75, 3.05) is 18.0 Å². The molecule has 1 aromatic carbocycles. The van der Waals surface area contributed by atoms with Crippen LogP contribution in [0.3, 0.4) is 0 Å². The van der Waals surface area contributed by atoms with Gasteiger partial charge in [0.2, 0.25) is 5.95 Å². The molecule has 0 aliphatic carbocycles. The van der Waals surface area contributed by atoms with Gasteiger partial charge < -0.3 is 10.2 Å². The van der Waals surface area contributed by atoms with E-state index in [-0.39, 0.29) is 11.1 Å². The van der Waals surface area contributed by atoms with Crippen LogP contribution in [0.2, 0.25) is 0 Å². The molecule has 0 saturated carbocycles. The molecule has 3 aromatic rings. The van der Waals surface area contributed by atoms with Crippen LogP contribution in [0.5, 0.6) is 0 Å². The Morgan fingerprint density at radius 1 is 1.25 bits per heavy atom. The summed E-state index contributed by atoms with van der Waals surface area (Å²) in [5, 5.41) is 3.56. The van der Waals surface area contributed by atoms with Gasteiger partial charge in [-0.05, 0) is 18.1 Å². The molecule has 3 heterocycles. The Kier molecular flexibility index (Phi) is 5.16. The average Bonchev–Trinajstić information content (AvgIpc) is 3.18. The SMILES string of the molecule is Cn1c(N2CC[C@H](NCc3ccccc3)C2)nc(-c2ccncc2F)cc1=O.